The first-order chi connectivity index (χ1) is 9.23. The van der Waals surface area contributed by atoms with Crippen LogP contribution in [-0.4, -0.2) is 34.1 Å². The highest BCUT2D eigenvalue weighted by Gasteiger charge is 2.24. The van der Waals surface area contributed by atoms with Gasteiger partial charge in [0.2, 0.25) is 5.82 Å². The zero-order chi connectivity index (χ0) is 15.4. The number of hydrogen-bond acceptors (Lipinski definition) is 5. The minimum absolute atomic E-state index is 0.0187. The van der Waals surface area contributed by atoms with Gasteiger partial charge in [-0.3, -0.25) is 10.1 Å². The Morgan fingerprint density at radius 2 is 2.05 bits per heavy atom. The number of carboxylic acid groups (broad SMARTS) is 1. The molecular weight excluding hydrogens is 262 g/mol. The molecular formula is C13H19N3O4. The second-order valence-corrected chi connectivity index (χ2v) is 5.19. The average molecular weight is 281 g/mol. The molecule has 0 aliphatic carbocycles. The van der Waals surface area contributed by atoms with E-state index in [0.29, 0.717) is 5.92 Å². The first-order valence-electron chi connectivity index (χ1n) is 6.35. The fraction of sp³-hybridized carbons (Fsp3) is 0.538. The maximum Gasteiger partial charge on any atom is 0.354 e. The molecule has 1 unspecified atom stereocenters. The summed E-state index contributed by atoms with van der Waals surface area (Å²) < 4.78 is 0. The molecule has 1 N–H and O–H groups in total. The molecule has 1 aromatic rings. The Labute approximate surface area is 117 Å². The predicted molar refractivity (Wildman–Crippen MR) is 75.2 cm³/mol. The molecule has 1 heterocycles. The van der Waals surface area contributed by atoms with Gasteiger partial charge in [0, 0.05) is 19.2 Å². The smallest absolute Gasteiger partial charge is 0.354 e. The van der Waals surface area contributed by atoms with E-state index >= 15 is 0 Å². The highest BCUT2D eigenvalue weighted by molar-refractivity contribution is 5.86. The predicted octanol–water partition coefficient (Wildman–Crippen LogP) is 2.56. The second kappa shape index (κ2) is 6.31. The van der Waals surface area contributed by atoms with Crippen molar-refractivity contribution in [2.24, 2.45) is 5.92 Å². The molecule has 0 spiro atoms. The lowest BCUT2D eigenvalue weighted by Gasteiger charge is -2.27. The number of carbonyl (C=O) groups is 1. The van der Waals surface area contributed by atoms with Crippen LogP contribution < -0.4 is 4.90 Å². The molecule has 1 atom stereocenters. The van der Waals surface area contributed by atoms with Crippen molar-refractivity contribution in [1.82, 2.24) is 4.98 Å². The van der Waals surface area contributed by atoms with Gasteiger partial charge in [-0.1, -0.05) is 13.8 Å². The summed E-state index contributed by atoms with van der Waals surface area (Å²) in [7, 11) is 1.69. The Hall–Kier alpha value is -2.18. The minimum atomic E-state index is -1.20. The summed E-state index contributed by atoms with van der Waals surface area (Å²) in [6, 6.07) is 2.35. The molecule has 0 aromatic carbocycles. The van der Waals surface area contributed by atoms with E-state index in [1.54, 1.807) is 11.9 Å². The van der Waals surface area contributed by atoms with Crippen molar-refractivity contribution in [3.63, 3.8) is 0 Å². The Morgan fingerprint density at radius 1 is 1.45 bits per heavy atom. The molecule has 0 amide bonds. The standard InChI is InChI=1S/C13H19N3O4/c1-8(2)7-9(3)15(4)12-11(16(19)20)6-5-10(14-12)13(17)18/h5-6,8-9H,7H2,1-4H3,(H,17,18). The van der Waals surface area contributed by atoms with E-state index in [4.69, 9.17) is 5.11 Å². The lowest BCUT2D eigenvalue weighted by Crippen LogP contribution is -2.31. The van der Waals surface area contributed by atoms with Gasteiger partial charge in [0.15, 0.2) is 5.69 Å². The first-order valence-corrected chi connectivity index (χ1v) is 6.35. The summed E-state index contributed by atoms with van der Waals surface area (Å²) in [5, 5.41) is 20.0. The SMILES string of the molecule is CC(C)CC(C)N(C)c1nc(C(=O)O)ccc1[N+](=O)[O-]. The fourth-order valence-corrected chi connectivity index (χ4v) is 2.01. The molecule has 0 radical (unpaired) electrons. The van der Waals surface area contributed by atoms with Crippen molar-refractivity contribution >= 4 is 17.5 Å². The van der Waals surface area contributed by atoms with E-state index in [2.05, 4.69) is 18.8 Å². The van der Waals surface area contributed by atoms with Crippen molar-refractivity contribution in [2.45, 2.75) is 33.2 Å². The molecule has 0 saturated heterocycles. The third-order valence-corrected chi connectivity index (χ3v) is 3.08. The first kappa shape index (κ1) is 15.9. The van der Waals surface area contributed by atoms with Crippen molar-refractivity contribution in [3.05, 3.63) is 27.9 Å². The van der Waals surface area contributed by atoms with Gasteiger partial charge in [0.25, 0.3) is 0 Å². The lowest BCUT2D eigenvalue weighted by atomic mass is 10.0. The molecule has 7 nitrogen and oxygen atoms in total. The zero-order valence-electron chi connectivity index (χ0n) is 12.0. The Kier molecular flexibility index (Phi) is 5.01. The van der Waals surface area contributed by atoms with Crippen LogP contribution in [-0.2, 0) is 0 Å². The van der Waals surface area contributed by atoms with Crippen LogP contribution in [0.3, 0.4) is 0 Å². The summed E-state index contributed by atoms with van der Waals surface area (Å²) in [6.07, 6.45) is 0.826. The van der Waals surface area contributed by atoms with Gasteiger partial charge in [-0.05, 0) is 25.3 Å². The Balaban J connectivity index is 3.21. The van der Waals surface area contributed by atoms with Crippen LogP contribution >= 0.6 is 0 Å². The third-order valence-electron chi connectivity index (χ3n) is 3.08. The quantitative estimate of drug-likeness (QED) is 0.635. The number of hydrogen-bond donors (Lipinski definition) is 1. The number of pyridine rings is 1. The van der Waals surface area contributed by atoms with E-state index < -0.39 is 10.9 Å². The van der Waals surface area contributed by atoms with Crippen molar-refractivity contribution in [3.8, 4) is 0 Å². The van der Waals surface area contributed by atoms with Crippen LogP contribution in [0.1, 0.15) is 37.7 Å². The molecule has 0 fully saturated rings. The van der Waals surface area contributed by atoms with Crippen molar-refractivity contribution in [2.75, 3.05) is 11.9 Å². The second-order valence-electron chi connectivity index (χ2n) is 5.19. The molecule has 110 valence electrons. The minimum Gasteiger partial charge on any atom is -0.477 e. The van der Waals surface area contributed by atoms with Crippen molar-refractivity contribution in [1.29, 1.82) is 0 Å². The average Bonchev–Trinajstić information content (AvgIpc) is 2.35. The highest BCUT2D eigenvalue weighted by Crippen LogP contribution is 2.28. The van der Waals surface area contributed by atoms with E-state index in [1.165, 1.54) is 6.07 Å². The van der Waals surface area contributed by atoms with Crippen LogP contribution in [0.15, 0.2) is 12.1 Å². The summed E-state index contributed by atoms with van der Waals surface area (Å²) in [6.45, 7) is 6.04. The number of anilines is 1. The third kappa shape index (κ3) is 3.66. The summed E-state index contributed by atoms with van der Waals surface area (Å²) in [4.78, 5) is 27.0. The van der Waals surface area contributed by atoms with E-state index in [0.717, 1.165) is 12.5 Å². The maximum atomic E-state index is 11.0. The van der Waals surface area contributed by atoms with Crippen LogP contribution in [0.5, 0.6) is 0 Å². The van der Waals surface area contributed by atoms with Gasteiger partial charge in [0.05, 0.1) is 4.92 Å². The van der Waals surface area contributed by atoms with Crippen LogP contribution in [0.25, 0.3) is 0 Å². The number of carboxylic acids is 1. The van der Waals surface area contributed by atoms with Gasteiger partial charge < -0.3 is 10.0 Å². The number of nitro groups is 1. The summed E-state index contributed by atoms with van der Waals surface area (Å²) in [5.74, 6) is -0.691. The maximum absolute atomic E-state index is 11.0. The molecule has 20 heavy (non-hydrogen) atoms. The zero-order valence-corrected chi connectivity index (χ0v) is 12.0. The van der Waals surface area contributed by atoms with Gasteiger partial charge in [-0.15, -0.1) is 0 Å². The molecule has 0 bridgehead atoms. The number of aromatic nitrogens is 1. The van der Waals surface area contributed by atoms with E-state index in [9.17, 15) is 14.9 Å². The molecule has 1 aromatic heterocycles. The van der Waals surface area contributed by atoms with Gasteiger partial charge in [0.1, 0.15) is 0 Å². The Bertz CT molecular complexity index is 516. The summed E-state index contributed by atoms with van der Waals surface area (Å²) >= 11 is 0. The van der Waals surface area contributed by atoms with Crippen LogP contribution in [0, 0.1) is 16.0 Å². The van der Waals surface area contributed by atoms with Crippen molar-refractivity contribution < 1.29 is 14.8 Å². The lowest BCUT2D eigenvalue weighted by molar-refractivity contribution is -0.384. The number of rotatable bonds is 6. The van der Waals surface area contributed by atoms with E-state index in [1.807, 2.05) is 6.92 Å². The van der Waals surface area contributed by atoms with Crippen LogP contribution in [0.4, 0.5) is 11.5 Å². The normalized spacial score (nSPS) is 12.2. The van der Waals surface area contributed by atoms with E-state index in [-0.39, 0.29) is 23.2 Å². The topological polar surface area (TPSA) is 96.6 Å². The highest BCUT2D eigenvalue weighted by atomic mass is 16.6. The fourth-order valence-electron chi connectivity index (χ4n) is 2.01. The molecule has 0 aliphatic heterocycles. The van der Waals surface area contributed by atoms with Gasteiger partial charge in [-0.25, -0.2) is 9.78 Å². The molecule has 1 rings (SSSR count). The number of nitrogens with zero attached hydrogens (tertiary/aromatic N) is 3. The Morgan fingerprint density at radius 3 is 2.50 bits per heavy atom. The molecule has 7 heteroatoms. The van der Waals surface area contributed by atoms with Gasteiger partial charge >= 0.3 is 11.7 Å². The summed E-state index contributed by atoms with van der Waals surface area (Å²) in [5.41, 5.74) is -0.387. The molecule has 0 aliphatic rings. The number of aromatic carboxylic acids is 1. The molecule has 0 saturated carbocycles. The van der Waals surface area contributed by atoms with Crippen LogP contribution in [0.2, 0.25) is 0 Å². The largest absolute Gasteiger partial charge is 0.477 e. The monoisotopic (exact) mass is 281 g/mol. The van der Waals surface area contributed by atoms with Gasteiger partial charge in [-0.2, -0.15) is 0 Å².